The van der Waals surface area contributed by atoms with Gasteiger partial charge in [-0.05, 0) is 50.1 Å². The molecule has 30 heavy (non-hydrogen) atoms. The Morgan fingerprint density at radius 3 is 2.47 bits per heavy atom. The zero-order valence-corrected chi connectivity index (χ0v) is 18.3. The fourth-order valence-corrected chi connectivity index (χ4v) is 5.43. The van der Waals surface area contributed by atoms with Crippen LogP contribution in [0.5, 0.6) is 5.75 Å². The number of hydrogen-bond donors (Lipinski definition) is 0. The molecule has 0 atom stereocenters. The summed E-state index contributed by atoms with van der Waals surface area (Å²) in [5, 5.41) is 8.71. The lowest BCUT2D eigenvalue weighted by atomic mass is 9.98. The fourth-order valence-electron chi connectivity index (χ4n) is 3.55. The summed E-state index contributed by atoms with van der Waals surface area (Å²) in [6, 6.07) is 12.5. The highest BCUT2D eigenvalue weighted by atomic mass is 35.5. The van der Waals surface area contributed by atoms with Crippen molar-refractivity contribution >= 4 is 21.6 Å². The lowest BCUT2D eigenvalue weighted by Gasteiger charge is -2.30. The second-order valence-corrected chi connectivity index (χ2v) is 9.63. The molecule has 1 saturated heterocycles. The number of ether oxygens (including phenoxy) is 1. The van der Waals surface area contributed by atoms with Crippen LogP contribution in [0.2, 0.25) is 5.02 Å². The Labute approximate surface area is 180 Å². The Morgan fingerprint density at radius 2 is 1.80 bits per heavy atom. The first-order valence-electron chi connectivity index (χ1n) is 9.62. The molecule has 0 aliphatic carbocycles. The second-order valence-electron chi connectivity index (χ2n) is 7.29. The van der Waals surface area contributed by atoms with Crippen LogP contribution in [0.4, 0.5) is 0 Å². The van der Waals surface area contributed by atoms with Gasteiger partial charge in [-0.25, -0.2) is 8.42 Å². The molecule has 9 heteroatoms. The van der Waals surface area contributed by atoms with Gasteiger partial charge < -0.3 is 9.15 Å². The van der Waals surface area contributed by atoms with Crippen LogP contribution in [0.15, 0.2) is 51.8 Å². The highest BCUT2D eigenvalue weighted by Crippen LogP contribution is 2.34. The number of rotatable bonds is 5. The highest BCUT2D eigenvalue weighted by Gasteiger charge is 2.33. The predicted octanol–water partition coefficient (Wildman–Crippen LogP) is 4.28. The van der Waals surface area contributed by atoms with Crippen LogP contribution in [-0.2, 0) is 10.0 Å². The second kappa shape index (κ2) is 8.37. The molecule has 0 bridgehead atoms. The van der Waals surface area contributed by atoms with E-state index in [0.717, 1.165) is 11.1 Å². The topological polar surface area (TPSA) is 85.5 Å². The number of nitrogens with zero attached hydrogens (tertiary/aromatic N) is 3. The van der Waals surface area contributed by atoms with E-state index < -0.39 is 10.0 Å². The van der Waals surface area contributed by atoms with Gasteiger partial charge in [-0.1, -0.05) is 29.3 Å². The third kappa shape index (κ3) is 4.08. The standard InChI is InChI=1S/C21H22ClN3O4S/c1-14-3-5-15(6-4-14)20-23-24-21(29-20)16-9-11-25(12-10-16)30(26,27)19-13-17(22)7-8-18(19)28-2/h3-8,13,16H,9-12H2,1-2H3. The Kier molecular flexibility index (Phi) is 5.81. The van der Waals surface area contributed by atoms with Gasteiger partial charge in [-0.15, -0.1) is 10.2 Å². The molecular formula is C21H22ClN3O4S. The Balaban J connectivity index is 1.48. The average Bonchev–Trinajstić information content (AvgIpc) is 3.24. The van der Waals surface area contributed by atoms with E-state index in [-0.39, 0.29) is 16.6 Å². The van der Waals surface area contributed by atoms with E-state index in [1.54, 1.807) is 12.1 Å². The van der Waals surface area contributed by atoms with Crippen molar-refractivity contribution in [3.63, 3.8) is 0 Å². The van der Waals surface area contributed by atoms with Crippen molar-refractivity contribution in [2.75, 3.05) is 20.2 Å². The maximum Gasteiger partial charge on any atom is 0.247 e. The van der Waals surface area contributed by atoms with Gasteiger partial charge in [0.05, 0.1) is 7.11 Å². The average molecular weight is 448 g/mol. The minimum Gasteiger partial charge on any atom is -0.495 e. The SMILES string of the molecule is COc1ccc(Cl)cc1S(=O)(=O)N1CCC(c2nnc(-c3ccc(C)cc3)o2)CC1. The van der Waals surface area contributed by atoms with E-state index >= 15 is 0 Å². The van der Waals surface area contributed by atoms with Crippen molar-refractivity contribution < 1.29 is 17.6 Å². The Morgan fingerprint density at radius 1 is 1.10 bits per heavy atom. The van der Waals surface area contributed by atoms with Crippen LogP contribution < -0.4 is 4.74 Å². The lowest BCUT2D eigenvalue weighted by Crippen LogP contribution is -2.38. The van der Waals surface area contributed by atoms with Gasteiger partial charge in [0.15, 0.2) is 0 Å². The molecule has 3 aromatic rings. The molecule has 2 heterocycles. The van der Waals surface area contributed by atoms with E-state index in [1.165, 1.54) is 17.5 Å². The number of hydrogen-bond acceptors (Lipinski definition) is 6. The fraction of sp³-hybridized carbons (Fsp3) is 0.333. The molecule has 0 saturated carbocycles. The van der Waals surface area contributed by atoms with Crippen LogP contribution in [0.1, 0.15) is 30.2 Å². The van der Waals surface area contributed by atoms with Gasteiger partial charge in [-0.3, -0.25) is 0 Å². The molecule has 0 radical (unpaired) electrons. The van der Waals surface area contributed by atoms with Crippen molar-refractivity contribution in [1.82, 2.24) is 14.5 Å². The third-order valence-electron chi connectivity index (χ3n) is 5.29. The smallest absolute Gasteiger partial charge is 0.247 e. The summed E-state index contributed by atoms with van der Waals surface area (Å²) >= 11 is 6.02. The zero-order chi connectivity index (χ0) is 21.3. The molecule has 1 aromatic heterocycles. The van der Waals surface area contributed by atoms with Crippen molar-refractivity contribution in [1.29, 1.82) is 0 Å². The summed E-state index contributed by atoms with van der Waals surface area (Å²) in [6.07, 6.45) is 1.19. The molecule has 0 amide bonds. The van der Waals surface area contributed by atoms with Crippen LogP contribution >= 0.6 is 11.6 Å². The molecule has 4 rings (SSSR count). The van der Waals surface area contributed by atoms with Crippen LogP contribution in [0.25, 0.3) is 11.5 Å². The number of piperidine rings is 1. The van der Waals surface area contributed by atoms with Crippen molar-refractivity contribution in [2.24, 2.45) is 0 Å². The minimum absolute atomic E-state index is 0.0180. The maximum atomic E-state index is 13.1. The minimum atomic E-state index is -3.72. The molecule has 0 spiro atoms. The largest absolute Gasteiger partial charge is 0.495 e. The number of benzene rings is 2. The first-order chi connectivity index (χ1) is 14.4. The normalized spacial score (nSPS) is 16.0. The molecule has 2 aromatic carbocycles. The van der Waals surface area contributed by atoms with Gasteiger partial charge in [-0.2, -0.15) is 4.31 Å². The molecule has 1 aliphatic rings. The van der Waals surface area contributed by atoms with Crippen LogP contribution in [-0.4, -0.2) is 43.1 Å². The van der Waals surface area contributed by atoms with Crippen LogP contribution in [0.3, 0.4) is 0 Å². The molecule has 158 valence electrons. The number of aromatic nitrogens is 2. The summed E-state index contributed by atoms with van der Waals surface area (Å²) in [5.74, 6) is 1.32. The maximum absolute atomic E-state index is 13.1. The molecule has 0 unspecified atom stereocenters. The van der Waals surface area contributed by atoms with Crippen LogP contribution in [0, 0.1) is 6.92 Å². The number of aryl methyl sites for hydroxylation is 1. The summed E-state index contributed by atoms with van der Waals surface area (Å²) in [6.45, 7) is 2.72. The molecule has 0 N–H and O–H groups in total. The summed E-state index contributed by atoms with van der Waals surface area (Å²) in [7, 11) is -2.28. The van der Waals surface area contributed by atoms with Crippen molar-refractivity contribution in [3.05, 3.63) is 58.9 Å². The number of halogens is 1. The zero-order valence-electron chi connectivity index (χ0n) is 16.7. The molecule has 1 fully saturated rings. The van der Waals surface area contributed by atoms with E-state index in [4.69, 9.17) is 20.8 Å². The summed E-state index contributed by atoms with van der Waals surface area (Å²) in [5.41, 5.74) is 2.02. The third-order valence-corrected chi connectivity index (χ3v) is 7.44. The molecule has 7 nitrogen and oxygen atoms in total. The number of methoxy groups -OCH3 is 1. The van der Waals surface area contributed by atoms with E-state index in [2.05, 4.69) is 10.2 Å². The van der Waals surface area contributed by atoms with Crippen molar-refractivity contribution in [2.45, 2.75) is 30.6 Å². The van der Waals surface area contributed by atoms with Gasteiger partial charge in [0.25, 0.3) is 0 Å². The predicted molar refractivity (Wildman–Crippen MR) is 113 cm³/mol. The number of sulfonamides is 1. The summed E-state index contributed by atoms with van der Waals surface area (Å²) in [4.78, 5) is 0.0791. The van der Waals surface area contributed by atoms with Gasteiger partial charge >= 0.3 is 0 Å². The Bertz CT molecular complexity index is 1140. The van der Waals surface area contributed by atoms with E-state index in [0.29, 0.717) is 42.7 Å². The lowest BCUT2D eigenvalue weighted by molar-refractivity contribution is 0.290. The van der Waals surface area contributed by atoms with Gasteiger partial charge in [0.1, 0.15) is 10.6 Å². The first-order valence-corrected chi connectivity index (χ1v) is 11.4. The monoisotopic (exact) mass is 447 g/mol. The van der Waals surface area contributed by atoms with E-state index in [1.807, 2.05) is 31.2 Å². The quantitative estimate of drug-likeness (QED) is 0.580. The molecular weight excluding hydrogens is 426 g/mol. The molecule has 1 aliphatic heterocycles. The highest BCUT2D eigenvalue weighted by molar-refractivity contribution is 7.89. The van der Waals surface area contributed by atoms with Gasteiger partial charge in [0.2, 0.25) is 21.8 Å². The van der Waals surface area contributed by atoms with Gasteiger partial charge in [0, 0.05) is 29.6 Å². The van der Waals surface area contributed by atoms with Crippen molar-refractivity contribution in [3.8, 4) is 17.2 Å². The Hall–Kier alpha value is -2.42. The van der Waals surface area contributed by atoms with E-state index in [9.17, 15) is 8.42 Å². The summed E-state index contributed by atoms with van der Waals surface area (Å²) < 4.78 is 38.8. The first kappa shape index (κ1) is 20.8.